The highest BCUT2D eigenvalue weighted by molar-refractivity contribution is 6.46. The Morgan fingerprint density at radius 1 is 1.00 bits per heavy atom. The Morgan fingerprint density at radius 2 is 1.64 bits per heavy atom. The third-order valence-corrected chi connectivity index (χ3v) is 5.37. The number of nitro groups is 1. The fraction of sp³-hybridized carbons (Fsp3) is 0.261. The molecule has 0 aromatic heterocycles. The lowest BCUT2D eigenvalue weighted by molar-refractivity contribution is -0.384. The monoisotopic (exact) mass is 456 g/mol. The van der Waals surface area contributed by atoms with E-state index in [0.29, 0.717) is 24.8 Å². The number of nitro benzene ring substituents is 1. The second kappa shape index (κ2) is 10.0. The number of rotatable bonds is 9. The standard InChI is InChI=1S/C23H21FN2O7/c24-16-9-5-14(6-10-16)20-19(21(29)15-7-11-17(12-8-15)26(32)33)22(30)23(31)25(20)13-3-1-2-4-18(27)28/h5-12,20,29H,1-4,13H2,(H,27,28)/t20-/m1/s1. The zero-order valence-corrected chi connectivity index (χ0v) is 17.4. The van der Waals surface area contributed by atoms with Gasteiger partial charge in [-0.15, -0.1) is 0 Å². The summed E-state index contributed by atoms with van der Waals surface area (Å²) in [5.74, 6) is -3.70. The van der Waals surface area contributed by atoms with Crippen LogP contribution in [0, 0.1) is 15.9 Å². The van der Waals surface area contributed by atoms with Crippen LogP contribution in [0.5, 0.6) is 0 Å². The van der Waals surface area contributed by atoms with Gasteiger partial charge in [0.1, 0.15) is 11.6 Å². The molecule has 0 unspecified atom stereocenters. The van der Waals surface area contributed by atoms with Crippen molar-refractivity contribution in [2.24, 2.45) is 0 Å². The Kier molecular flexibility index (Phi) is 7.17. The van der Waals surface area contributed by atoms with Crippen LogP contribution < -0.4 is 0 Å². The minimum atomic E-state index is -0.986. The number of likely N-dealkylation sites (tertiary alicyclic amines) is 1. The van der Waals surface area contributed by atoms with Crippen molar-refractivity contribution in [1.29, 1.82) is 0 Å². The highest BCUT2D eigenvalue weighted by Gasteiger charge is 2.45. The summed E-state index contributed by atoms with van der Waals surface area (Å²) in [6.07, 6.45) is 1.33. The molecule has 1 aliphatic heterocycles. The van der Waals surface area contributed by atoms with Crippen LogP contribution in [-0.4, -0.2) is 44.2 Å². The van der Waals surface area contributed by atoms with E-state index in [0.717, 1.165) is 0 Å². The number of aliphatic carboxylic acids is 1. The number of nitrogens with zero attached hydrogens (tertiary/aromatic N) is 2. The first-order valence-corrected chi connectivity index (χ1v) is 10.2. The van der Waals surface area contributed by atoms with Crippen LogP contribution in [0.4, 0.5) is 10.1 Å². The number of hydrogen-bond donors (Lipinski definition) is 2. The number of non-ortho nitro benzene ring substituents is 1. The van der Waals surface area contributed by atoms with E-state index < -0.39 is 40.2 Å². The summed E-state index contributed by atoms with van der Waals surface area (Å²) in [4.78, 5) is 47.9. The quantitative estimate of drug-likeness (QED) is 0.146. The highest BCUT2D eigenvalue weighted by Crippen LogP contribution is 2.39. The minimum Gasteiger partial charge on any atom is -0.507 e. The number of ketones is 1. The first-order chi connectivity index (χ1) is 15.7. The lowest BCUT2D eigenvalue weighted by Gasteiger charge is -2.25. The molecule has 1 amide bonds. The maximum atomic E-state index is 13.5. The van der Waals surface area contributed by atoms with Crippen LogP contribution in [0.1, 0.15) is 42.9 Å². The molecule has 0 radical (unpaired) electrons. The Morgan fingerprint density at radius 3 is 2.21 bits per heavy atom. The van der Waals surface area contributed by atoms with E-state index in [1.165, 1.54) is 53.4 Å². The molecule has 2 aromatic carbocycles. The second-order valence-electron chi connectivity index (χ2n) is 7.55. The lowest BCUT2D eigenvalue weighted by Crippen LogP contribution is -2.30. The molecular weight excluding hydrogens is 435 g/mol. The number of halogens is 1. The smallest absolute Gasteiger partial charge is 0.303 e. The van der Waals surface area contributed by atoms with E-state index in [1.54, 1.807) is 0 Å². The number of carboxylic acid groups (broad SMARTS) is 1. The SMILES string of the molecule is O=C(O)CCCCCN1C(=O)C(=O)C(=C(O)c2ccc([N+](=O)[O-])cc2)[C@H]1c1ccc(F)cc1. The van der Waals surface area contributed by atoms with Crippen LogP contribution in [0.15, 0.2) is 54.1 Å². The molecule has 2 aromatic rings. The van der Waals surface area contributed by atoms with Crippen molar-refractivity contribution in [3.05, 3.63) is 81.2 Å². The van der Waals surface area contributed by atoms with Crippen LogP contribution in [-0.2, 0) is 14.4 Å². The molecule has 1 atom stereocenters. The zero-order chi connectivity index (χ0) is 24.1. The van der Waals surface area contributed by atoms with Gasteiger partial charge in [0.15, 0.2) is 0 Å². The molecule has 0 spiro atoms. The van der Waals surface area contributed by atoms with Crippen LogP contribution in [0.25, 0.3) is 5.76 Å². The van der Waals surface area contributed by atoms with Crippen molar-refractivity contribution < 1.29 is 33.9 Å². The molecular formula is C23H21FN2O7. The number of Topliss-reactive ketones (excluding diaryl/α,β-unsaturated/α-hetero) is 1. The topological polar surface area (TPSA) is 138 Å². The van der Waals surface area contributed by atoms with Crippen LogP contribution in [0.2, 0.25) is 0 Å². The molecule has 0 saturated carbocycles. The Bertz CT molecular complexity index is 1110. The third kappa shape index (κ3) is 5.22. The summed E-state index contributed by atoms with van der Waals surface area (Å²) in [5, 5.41) is 30.5. The molecule has 3 rings (SSSR count). The maximum Gasteiger partial charge on any atom is 0.303 e. The minimum absolute atomic E-state index is 0.0135. The van der Waals surface area contributed by atoms with Crippen molar-refractivity contribution in [3.63, 3.8) is 0 Å². The molecule has 10 heteroatoms. The van der Waals surface area contributed by atoms with Gasteiger partial charge in [0.05, 0.1) is 16.5 Å². The summed E-state index contributed by atoms with van der Waals surface area (Å²) in [5.41, 5.74) is 0.117. The zero-order valence-electron chi connectivity index (χ0n) is 17.4. The Labute approximate surface area is 187 Å². The van der Waals surface area contributed by atoms with Gasteiger partial charge in [0.25, 0.3) is 17.4 Å². The number of aliphatic hydroxyl groups excluding tert-OH is 1. The number of unbranched alkanes of at least 4 members (excludes halogenated alkanes) is 2. The number of carbonyl (C=O) groups excluding carboxylic acids is 2. The first kappa shape index (κ1) is 23.6. The molecule has 0 bridgehead atoms. The molecule has 2 N–H and O–H groups in total. The van der Waals surface area contributed by atoms with Gasteiger partial charge >= 0.3 is 5.97 Å². The van der Waals surface area contributed by atoms with Gasteiger partial charge in [0.2, 0.25) is 0 Å². The number of amides is 1. The molecule has 1 fully saturated rings. The Hall–Kier alpha value is -4.08. The van der Waals surface area contributed by atoms with E-state index >= 15 is 0 Å². The second-order valence-corrected chi connectivity index (χ2v) is 7.55. The van der Waals surface area contributed by atoms with Gasteiger partial charge in [-0.05, 0) is 42.7 Å². The predicted octanol–water partition coefficient (Wildman–Crippen LogP) is 3.80. The highest BCUT2D eigenvalue weighted by atomic mass is 19.1. The van der Waals surface area contributed by atoms with Crippen molar-refractivity contribution in [2.45, 2.75) is 31.7 Å². The van der Waals surface area contributed by atoms with Crippen LogP contribution in [0.3, 0.4) is 0 Å². The third-order valence-electron chi connectivity index (χ3n) is 5.37. The van der Waals surface area contributed by atoms with Crippen molar-refractivity contribution in [1.82, 2.24) is 4.90 Å². The van der Waals surface area contributed by atoms with Gasteiger partial charge in [-0.1, -0.05) is 18.6 Å². The van der Waals surface area contributed by atoms with Crippen molar-refractivity contribution in [3.8, 4) is 0 Å². The molecule has 9 nitrogen and oxygen atoms in total. The summed E-state index contributed by atoms with van der Waals surface area (Å²) < 4.78 is 13.5. The normalized spacial score (nSPS) is 17.4. The van der Waals surface area contributed by atoms with Gasteiger partial charge in [-0.2, -0.15) is 0 Å². The fourth-order valence-electron chi connectivity index (χ4n) is 3.73. The number of aliphatic hydroxyl groups is 1. The van der Waals surface area contributed by atoms with Gasteiger partial charge in [0, 0.05) is 30.7 Å². The molecule has 33 heavy (non-hydrogen) atoms. The summed E-state index contributed by atoms with van der Waals surface area (Å²) in [7, 11) is 0. The van der Waals surface area contributed by atoms with Gasteiger partial charge < -0.3 is 15.1 Å². The number of hydrogen-bond acceptors (Lipinski definition) is 6. The largest absolute Gasteiger partial charge is 0.507 e. The number of carbonyl (C=O) groups is 3. The molecule has 1 heterocycles. The van der Waals surface area contributed by atoms with Gasteiger partial charge in [-0.25, -0.2) is 4.39 Å². The molecule has 0 aliphatic carbocycles. The van der Waals surface area contributed by atoms with E-state index in [9.17, 15) is 34.0 Å². The summed E-state index contributed by atoms with van der Waals surface area (Å²) >= 11 is 0. The fourth-order valence-corrected chi connectivity index (χ4v) is 3.73. The van der Waals surface area contributed by atoms with Crippen molar-refractivity contribution >= 4 is 29.1 Å². The first-order valence-electron chi connectivity index (χ1n) is 10.2. The summed E-state index contributed by atoms with van der Waals surface area (Å²) in [6, 6.07) is 9.06. The predicted molar refractivity (Wildman–Crippen MR) is 115 cm³/mol. The average Bonchev–Trinajstić information content (AvgIpc) is 3.03. The average molecular weight is 456 g/mol. The molecule has 172 valence electrons. The number of carboxylic acids is 1. The lowest BCUT2D eigenvalue weighted by atomic mass is 9.95. The molecule has 1 aliphatic rings. The summed E-state index contributed by atoms with van der Waals surface area (Å²) in [6.45, 7) is 0.128. The maximum absolute atomic E-state index is 13.5. The molecule has 1 saturated heterocycles. The van der Waals surface area contributed by atoms with E-state index in [1.807, 2.05) is 0 Å². The Balaban J connectivity index is 1.97. The van der Waals surface area contributed by atoms with E-state index in [-0.39, 0.29) is 29.8 Å². The van der Waals surface area contributed by atoms with Gasteiger partial charge in [-0.3, -0.25) is 24.5 Å². The van der Waals surface area contributed by atoms with Crippen molar-refractivity contribution in [2.75, 3.05) is 6.54 Å². The number of benzene rings is 2. The van der Waals surface area contributed by atoms with E-state index in [2.05, 4.69) is 0 Å². The van der Waals surface area contributed by atoms with Crippen LogP contribution >= 0.6 is 0 Å². The van der Waals surface area contributed by atoms with E-state index in [4.69, 9.17) is 5.11 Å².